The molecule has 0 radical (unpaired) electrons. The van der Waals surface area contributed by atoms with Gasteiger partial charge in [-0.1, -0.05) is 0 Å². The van der Waals surface area contributed by atoms with E-state index >= 15 is 0 Å². The van der Waals surface area contributed by atoms with Crippen LogP contribution >= 0.6 is 0 Å². The Morgan fingerprint density at radius 2 is 2.25 bits per heavy atom. The summed E-state index contributed by atoms with van der Waals surface area (Å²) in [4.78, 5) is 35.3. The van der Waals surface area contributed by atoms with Gasteiger partial charge in [0, 0.05) is 13.1 Å². The van der Waals surface area contributed by atoms with E-state index in [2.05, 4.69) is 10.6 Å². The maximum Gasteiger partial charge on any atom is 0.328 e. The first kappa shape index (κ1) is 14.5. The third kappa shape index (κ3) is 3.58. The van der Waals surface area contributed by atoms with E-state index in [1.165, 1.54) is 0 Å². The molecule has 20 heavy (non-hydrogen) atoms. The quantitative estimate of drug-likeness (QED) is 0.552. The SMILES string of the molecule is O=C1CN(C(=O)NCC2COCCO2)C(C(=O)O)CN1. The lowest BCUT2D eigenvalue weighted by Gasteiger charge is -2.33. The van der Waals surface area contributed by atoms with Gasteiger partial charge in [0.2, 0.25) is 5.91 Å². The predicted molar refractivity (Wildman–Crippen MR) is 65.1 cm³/mol. The smallest absolute Gasteiger partial charge is 0.328 e. The number of nitrogens with one attached hydrogen (secondary N) is 2. The van der Waals surface area contributed by atoms with Crippen LogP contribution in [0.2, 0.25) is 0 Å². The zero-order valence-electron chi connectivity index (χ0n) is 10.8. The first-order valence-corrected chi connectivity index (χ1v) is 6.31. The van der Waals surface area contributed by atoms with Crippen molar-refractivity contribution in [2.24, 2.45) is 0 Å². The second-order valence-corrected chi connectivity index (χ2v) is 4.54. The number of carbonyl (C=O) groups is 3. The molecule has 3 N–H and O–H groups in total. The molecule has 0 aliphatic carbocycles. The minimum Gasteiger partial charge on any atom is -0.480 e. The van der Waals surface area contributed by atoms with Gasteiger partial charge in [0.05, 0.1) is 25.9 Å². The van der Waals surface area contributed by atoms with Crippen LogP contribution in [-0.2, 0) is 19.1 Å². The molecule has 2 atom stereocenters. The van der Waals surface area contributed by atoms with Crippen molar-refractivity contribution in [1.82, 2.24) is 15.5 Å². The van der Waals surface area contributed by atoms with Crippen molar-refractivity contribution >= 4 is 17.9 Å². The van der Waals surface area contributed by atoms with Gasteiger partial charge in [-0.2, -0.15) is 0 Å². The van der Waals surface area contributed by atoms with E-state index in [1.807, 2.05) is 0 Å². The van der Waals surface area contributed by atoms with E-state index in [9.17, 15) is 14.4 Å². The van der Waals surface area contributed by atoms with Gasteiger partial charge in [0.1, 0.15) is 12.6 Å². The summed E-state index contributed by atoms with van der Waals surface area (Å²) in [5.41, 5.74) is 0. The van der Waals surface area contributed by atoms with E-state index < -0.39 is 18.0 Å². The lowest BCUT2D eigenvalue weighted by molar-refractivity contribution is -0.144. The van der Waals surface area contributed by atoms with Gasteiger partial charge in [-0.05, 0) is 0 Å². The van der Waals surface area contributed by atoms with Gasteiger partial charge in [-0.3, -0.25) is 9.69 Å². The minimum atomic E-state index is -1.16. The van der Waals surface area contributed by atoms with E-state index in [4.69, 9.17) is 14.6 Å². The van der Waals surface area contributed by atoms with Gasteiger partial charge < -0.3 is 25.2 Å². The average Bonchev–Trinajstić information content (AvgIpc) is 2.45. The molecule has 2 fully saturated rings. The number of carboxylic acid groups (broad SMARTS) is 1. The fraction of sp³-hybridized carbons (Fsp3) is 0.727. The Bertz CT molecular complexity index is 396. The maximum absolute atomic E-state index is 12.0. The molecule has 0 aromatic carbocycles. The number of aliphatic carboxylic acids is 1. The van der Waals surface area contributed by atoms with Crippen LogP contribution in [-0.4, -0.2) is 79.5 Å². The zero-order valence-corrected chi connectivity index (χ0v) is 10.8. The molecule has 0 spiro atoms. The van der Waals surface area contributed by atoms with Crippen molar-refractivity contribution in [1.29, 1.82) is 0 Å². The van der Waals surface area contributed by atoms with Gasteiger partial charge in [-0.25, -0.2) is 9.59 Å². The summed E-state index contributed by atoms with van der Waals surface area (Å²) in [5, 5.41) is 14.0. The molecule has 2 rings (SSSR count). The first-order valence-electron chi connectivity index (χ1n) is 6.31. The summed E-state index contributed by atoms with van der Waals surface area (Å²) >= 11 is 0. The number of ether oxygens (including phenoxy) is 2. The summed E-state index contributed by atoms with van der Waals surface area (Å²) in [6, 6.07) is -1.65. The first-order chi connectivity index (χ1) is 9.58. The highest BCUT2D eigenvalue weighted by Gasteiger charge is 2.35. The van der Waals surface area contributed by atoms with Crippen LogP contribution in [0.4, 0.5) is 4.79 Å². The molecule has 9 heteroatoms. The molecular formula is C11H17N3O6. The van der Waals surface area contributed by atoms with Crippen LogP contribution in [0.1, 0.15) is 0 Å². The Morgan fingerprint density at radius 1 is 1.45 bits per heavy atom. The highest BCUT2D eigenvalue weighted by Crippen LogP contribution is 2.06. The van der Waals surface area contributed by atoms with Crippen LogP contribution in [0, 0.1) is 0 Å². The van der Waals surface area contributed by atoms with Crippen LogP contribution in [0.25, 0.3) is 0 Å². The van der Waals surface area contributed by atoms with E-state index in [0.717, 1.165) is 4.90 Å². The van der Waals surface area contributed by atoms with Crippen LogP contribution in [0.15, 0.2) is 0 Å². The summed E-state index contributed by atoms with van der Waals surface area (Å²) in [6.45, 7) is 1.21. The van der Waals surface area contributed by atoms with Gasteiger partial charge in [0.25, 0.3) is 0 Å². The summed E-state index contributed by atoms with van der Waals surface area (Å²) in [5.74, 6) is -1.53. The predicted octanol–water partition coefficient (Wildman–Crippen LogP) is -2.00. The number of nitrogens with zero attached hydrogens (tertiary/aromatic N) is 1. The topological polar surface area (TPSA) is 117 Å². The molecular weight excluding hydrogens is 270 g/mol. The molecule has 2 unspecified atom stereocenters. The Hall–Kier alpha value is -1.87. The molecule has 2 aliphatic heterocycles. The van der Waals surface area contributed by atoms with Crippen LogP contribution < -0.4 is 10.6 Å². The zero-order chi connectivity index (χ0) is 14.5. The Labute approximate surface area is 115 Å². The van der Waals surface area contributed by atoms with Crippen molar-refractivity contribution in [2.45, 2.75) is 12.1 Å². The number of hydrogen-bond acceptors (Lipinski definition) is 5. The van der Waals surface area contributed by atoms with Gasteiger partial charge >= 0.3 is 12.0 Å². The number of urea groups is 1. The molecule has 3 amide bonds. The van der Waals surface area contributed by atoms with Gasteiger partial charge in [0.15, 0.2) is 0 Å². The van der Waals surface area contributed by atoms with Crippen molar-refractivity contribution in [3.63, 3.8) is 0 Å². The lowest BCUT2D eigenvalue weighted by Crippen LogP contribution is -2.61. The van der Waals surface area contributed by atoms with Crippen molar-refractivity contribution < 1.29 is 29.0 Å². The standard InChI is InChI=1S/C11H17N3O6/c15-9-5-14(8(4-12-9)10(16)17)11(18)13-3-7-6-19-1-2-20-7/h7-8H,1-6H2,(H,12,15)(H,13,18)(H,16,17). The van der Waals surface area contributed by atoms with Gasteiger partial charge in [-0.15, -0.1) is 0 Å². The summed E-state index contributed by atoms with van der Waals surface area (Å²) in [6.07, 6.45) is -0.255. The molecule has 2 heterocycles. The highest BCUT2D eigenvalue weighted by atomic mass is 16.6. The number of piperazine rings is 1. The maximum atomic E-state index is 12.0. The number of carboxylic acids is 1. The van der Waals surface area contributed by atoms with E-state index in [0.29, 0.717) is 19.8 Å². The van der Waals surface area contributed by atoms with Crippen molar-refractivity contribution in [3.05, 3.63) is 0 Å². The molecule has 112 valence electrons. The van der Waals surface area contributed by atoms with Crippen LogP contribution in [0.3, 0.4) is 0 Å². The van der Waals surface area contributed by atoms with E-state index in [-0.39, 0.29) is 31.6 Å². The van der Waals surface area contributed by atoms with Crippen molar-refractivity contribution in [3.8, 4) is 0 Å². The fourth-order valence-electron chi connectivity index (χ4n) is 2.03. The minimum absolute atomic E-state index is 0.0926. The highest BCUT2D eigenvalue weighted by molar-refractivity contribution is 5.90. The summed E-state index contributed by atoms with van der Waals surface area (Å²) in [7, 11) is 0. The molecule has 9 nitrogen and oxygen atoms in total. The second-order valence-electron chi connectivity index (χ2n) is 4.54. The van der Waals surface area contributed by atoms with Crippen molar-refractivity contribution in [2.75, 3.05) is 39.5 Å². The number of carbonyl (C=O) groups excluding carboxylic acids is 2. The normalized spacial score (nSPS) is 26.8. The number of hydrogen-bond donors (Lipinski definition) is 3. The average molecular weight is 287 g/mol. The molecule has 0 bridgehead atoms. The number of amides is 3. The fourth-order valence-corrected chi connectivity index (χ4v) is 2.03. The van der Waals surface area contributed by atoms with Crippen LogP contribution in [0.5, 0.6) is 0 Å². The third-order valence-electron chi connectivity index (χ3n) is 3.09. The Kier molecular flexibility index (Phi) is 4.74. The Balaban J connectivity index is 1.87. The molecule has 0 aromatic rings. The van der Waals surface area contributed by atoms with E-state index in [1.54, 1.807) is 0 Å². The molecule has 2 saturated heterocycles. The second kappa shape index (κ2) is 6.53. The monoisotopic (exact) mass is 287 g/mol. The Morgan fingerprint density at radius 3 is 2.90 bits per heavy atom. The lowest BCUT2D eigenvalue weighted by atomic mass is 10.2. The largest absolute Gasteiger partial charge is 0.480 e. The third-order valence-corrected chi connectivity index (χ3v) is 3.09. The molecule has 0 saturated carbocycles. The summed E-state index contributed by atoms with van der Waals surface area (Å²) < 4.78 is 10.5. The number of rotatable bonds is 3. The molecule has 2 aliphatic rings. The molecule has 0 aromatic heterocycles.